The van der Waals surface area contributed by atoms with Gasteiger partial charge in [0, 0.05) is 19.3 Å². The Hall–Kier alpha value is -4.62. The highest BCUT2D eigenvalue weighted by atomic mass is 19.4. The Bertz CT molecular complexity index is 1640. The first-order valence-electron chi connectivity index (χ1n) is 14.2. The number of piperidine rings is 1. The Kier molecular flexibility index (Phi) is 9.03. The van der Waals surface area contributed by atoms with Crippen molar-refractivity contribution >= 4 is 35.8 Å². The highest BCUT2D eigenvalue weighted by molar-refractivity contribution is 6.00. The number of ether oxygens (including phenoxy) is 1. The molecule has 1 aromatic heterocycles. The van der Waals surface area contributed by atoms with Crippen LogP contribution in [-0.2, 0) is 33.2 Å². The lowest BCUT2D eigenvalue weighted by atomic mass is 9.97. The zero-order valence-electron chi connectivity index (χ0n) is 24.0. The number of alkyl halides is 6. The number of rotatable bonds is 7. The molecule has 1 atom stereocenters. The molecule has 0 aliphatic carbocycles. The van der Waals surface area contributed by atoms with E-state index >= 15 is 0 Å². The number of aromatic nitrogens is 2. The normalized spacial score (nSPS) is 17.0. The predicted molar refractivity (Wildman–Crippen MR) is 153 cm³/mol. The van der Waals surface area contributed by atoms with Crippen LogP contribution in [0.2, 0.25) is 0 Å². The SMILES string of the molecule is CCOC(=O)C1CCN(c2cnc(N(Cc3cc(C(F)(F)F)cc(C(F)(F)F)c3)C(=O)C3C=c4ccccc4=CN3)nc2)CC1. The van der Waals surface area contributed by atoms with Crippen LogP contribution in [0.4, 0.5) is 38.0 Å². The first kappa shape index (κ1) is 31.8. The number of halogens is 6. The minimum absolute atomic E-state index is 0.0361. The van der Waals surface area contributed by atoms with Gasteiger partial charge in [0.05, 0.1) is 48.3 Å². The van der Waals surface area contributed by atoms with Crippen LogP contribution in [0.15, 0.2) is 54.9 Å². The second-order valence-electron chi connectivity index (χ2n) is 10.7. The Balaban J connectivity index is 1.46. The molecule has 8 nitrogen and oxygen atoms in total. The molecule has 0 saturated carbocycles. The van der Waals surface area contributed by atoms with E-state index in [0.29, 0.717) is 50.4 Å². The quantitative estimate of drug-likeness (QED) is 0.311. The average molecular weight is 634 g/mol. The van der Waals surface area contributed by atoms with Crippen molar-refractivity contribution in [3.63, 3.8) is 0 Å². The zero-order chi connectivity index (χ0) is 32.4. The molecule has 0 radical (unpaired) electrons. The summed E-state index contributed by atoms with van der Waals surface area (Å²) in [5, 5.41) is 4.45. The molecule has 1 unspecified atom stereocenters. The van der Waals surface area contributed by atoms with Crippen LogP contribution in [0.25, 0.3) is 12.3 Å². The van der Waals surface area contributed by atoms with Gasteiger partial charge in [0.25, 0.3) is 5.91 Å². The minimum Gasteiger partial charge on any atom is -0.466 e. The van der Waals surface area contributed by atoms with Gasteiger partial charge in [-0.25, -0.2) is 9.97 Å². The number of esters is 1. The zero-order valence-corrected chi connectivity index (χ0v) is 24.0. The summed E-state index contributed by atoms with van der Waals surface area (Å²) < 4.78 is 86.7. The molecule has 0 bridgehead atoms. The predicted octanol–water partition coefficient (Wildman–Crippen LogP) is 4.02. The minimum atomic E-state index is -5.05. The molecular formula is C31H29F6N5O3. The van der Waals surface area contributed by atoms with Crippen molar-refractivity contribution in [1.29, 1.82) is 0 Å². The molecule has 1 fully saturated rings. The number of carbonyl (C=O) groups excluding carboxylic acids is 2. The van der Waals surface area contributed by atoms with Gasteiger partial charge in [-0.05, 0) is 60.0 Å². The van der Waals surface area contributed by atoms with Gasteiger partial charge < -0.3 is 15.0 Å². The third kappa shape index (κ3) is 7.37. The van der Waals surface area contributed by atoms with Crippen LogP contribution < -0.4 is 25.6 Å². The van der Waals surface area contributed by atoms with Gasteiger partial charge in [-0.2, -0.15) is 26.3 Å². The van der Waals surface area contributed by atoms with Crippen molar-refractivity contribution in [2.45, 2.75) is 44.7 Å². The summed E-state index contributed by atoms with van der Waals surface area (Å²) in [6, 6.07) is 7.36. The lowest BCUT2D eigenvalue weighted by molar-refractivity contribution is -0.148. The van der Waals surface area contributed by atoms with Crippen molar-refractivity contribution < 1.29 is 40.7 Å². The van der Waals surface area contributed by atoms with Gasteiger partial charge in [0.15, 0.2) is 0 Å². The van der Waals surface area contributed by atoms with Gasteiger partial charge in [-0.1, -0.05) is 24.3 Å². The fourth-order valence-corrected chi connectivity index (χ4v) is 5.30. The van der Waals surface area contributed by atoms with Gasteiger partial charge >= 0.3 is 18.3 Å². The fourth-order valence-electron chi connectivity index (χ4n) is 5.30. The van der Waals surface area contributed by atoms with E-state index in [0.717, 1.165) is 15.3 Å². The summed E-state index contributed by atoms with van der Waals surface area (Å²) in [6.45, 7) is 2.39. The highest BCUT2D eigenvalue weighted by Crippen LogP contribution is 2.37. The molecular weight excluding hydrogens is 604 g/mol. The van der Waals surface area contributed by atoms with E-state index in [1.165, 1.54) is 12.4 Å². The lowest BCUT2D eigenvalue weighted by Gasteiger charge is -2.32. The van der Waals surface area contributed by atoms with Crippen LogP contribution in [0.3, 0.4) is 0 Å². The Morgan fingerprint density at radius 1 is 0.956 bits per heavy atom. The van der Waals surface area contributed by atoms with Crippen molar-refractivity contribution in [3.05, 3.63) is 82.0 Å². The summed E-state index contributed by atoms with van der Waals surface area (Å²) in [5.41, 5.74) is -2.81. The third-order valence-electron chi connectivity index (χ3n) is 7.63. The number of hydrogen-bond acceptors (Lipinski definition) is 7. The van der Waals surface area contributed by atoms with Gasteiger partial charge in [-0.15, -0.1) is 0 Å². The van der Waals surface area contributed by atoms with E-state index in [1.807, 2.05) is 11.0 Å². The smallest absolute Gasteiger partial charge is 0.416 e. The number of carbonyl (C=O) groups is 2. The molecule has 3 aromatic rings. The highest BCUT2D eigenvalue weighted by Gasteiger charge is 2.38. The molecule has 1 amide bonds. The summed E-state index contributed by atoms with van der Waals surface area (Å²) in [7, 11) is 0. The maximum atomic E-state index is 13.8. The second kappa shape index (κ2) is 12.8. The van der Waals surface area contributed by atoms with Crippen molar-refractivity contribution in [3.8, 4) is 0 Å². The molecule has 3 heterocycles. The molecule has 1 saturated heterocycles. The number of fused-ring (bicyclic) bond motifs is 1. The molecule has 2 aliphatic heterocycles. The van der Waals surface area contributed by atoms with Crippen LogP contribution in [0.1, 0.15) is 36.5 Å². The number of benzene rings is 2. The van der Waals surface area contributed by atoms with Crippen molar-refractivity contribution in [2.75, 3.05) is 29.5 Å². The van der Waals surface area contributed by atoms with Gasteiger partial charge in [0.2, 0.25) is 5.95 Å². The summed E-state index contributed by atoms with van der Waals surface area (Å²) in [5.74, 6) is -1.38. The van der Waals surface area contributed by atoms with Crippen LogP contribution >= 0.6 is 0 Å². The number of hydrogen-bond donors (Lipinski definition) is 1. The number of anilines is 2. The molecule has 1 N–H and O–H groups in total. The summed E-state index contributed by atoms with van der Waals surface area (Å²) in [6.07, 6.45) is -2.94. The summed E-state index contributed by atoms with van der Waals surface area (Å²) >= 11 is 0. The molecule has 238 valence electrons. The van der Waals surface area contributed by atoms with Crippen LogP contribution in [0.5, 0.6) is 0 Å². The Labute approximate surface area is 254 Å². The Morgan fingerprint density at radius 3 is 2.13 bits per heavy atom. The largest absolute Gasteiger partial charge is 0.466 e. The second-order valence-corrected chi connectivity index (χ2v) is 10.7. The van der Waals surface area contributed by atoms with Crippen LogP contribution in [-0.4, -0.2) is 47.6 Å². The first-order valence-corrected chi connectivity index (χ1v) is 14.2. The molecule has 5 rings (SSSR count). The number of amides is 1. The third-order valence-corrected chi connectivity index (χ3v) is 7.63. The monoisotopic (exact) mass is 633 g/mol. The van der Waals surface area contributed by atoms with E-state index in [2.05, 4.69) is 15.3 Å². The summed E-state index contributed by atoms with van der Waals surface area (Å²) in [4.78, 5) is 37.4. The van der Waals surface area contributed by atoms with E-state index in [9.17, 15) is 35.9 Å². The van der Waals surface area contributed by atoms with Crippen molar-refractivity contribution in [1.82, 2.24) is 15.3 Å². The number of nitrogens with zero attached hydrogens (tertiary/aromatic N) is 4. The molecule has 0 spiro atoms. The topological polar surface area (TPSA) is 87.7 Å². The molecule has 2 aliphatic rings. The van der Waals surface area contributed by atoms with E-state index in [1.54, 1.807) is 37.4 Å². The first-order chi connectivity index (χ1) is 21.3. The van der Waals surface area contributed by atoms with E-state index < -0.39 is 47.5 Å². The van der Waals surface area contributed by atoms with Crippen molar-refractivity contribution in [2.24, 2.45) is 5.92 Å². The maximum Gasteiger partial charge on any atom is 0.416 e. The average Bonchev–Trinajstić information content (AvgIpc) is 3.02. The van der Waals surface area contributed by atoms with Gasteiger partial charge in [0.1, 0.15) is 6.04 Å². The standard InChI is InChI=1S/C31H29F6N5O3/c1-2-45-28(44)20-7-9-41(10-8-20)25-16-39-29(40-17-25)42(27(43)26-13-21-5-3-4-6-22(21)15-38-26)18-19-11-23(30(32,33)34)14-24(12-19)31(35,36)37/h3-6,11-17,20,26,38H,2,7-10,18H2,1H3. The maximum absolute atomic E-state index is 13.8. The van der Waals surface area contributed by atoms with Crippen LogP contribution in [0, 0.1) is 5.92 Å². The van der Waals surface area contributed by atoms with E-state index in [-0.39, 0.29) is 23.9 Å². The molecule has 14 heteroatoms. The Morgan fingerprint density at radius 2 is 1.56 bits per heavy atom. The van der Waals surface area contributed by atoms with E-state index in [4.69, 9.17) is 4.74 Å². The molecule has 45 heavy (non-hydrogen) atoms. The lowest BCUT2D eigenvalue weighted by Crippen LogP contribution is -2.49. The molecule has 2 aromatic carbocycles. The van der Waals surface area contributed by atoms with Gasteiger partial charge in [-0.3, -0.25) is 14.5 Å². The number of nitrogens with one attached hydrogen (secondary N) is 1. The fraction of sp³-hybridized carbons (Fsp3) is 0.355.